The molecule has 2 aromatic rings. The molecule has 0 aliphatic carbocycles. The number of rotatable bonds is 4. The molecule has 0 saturated carbocycles. The van der Waals surface area contributed by atoms with E-state index in [-0.39, 0.29) is 5.75 Å². The standard InChI is InChI=1S/C15H13F3O2/c1-11-3-2-4-12(9-11)10-19-13-5-7-14(8-6-13)20-15(16,17)18/h2-9H,10H2,1H3. The Kier molecular flexibility index (Phi) is 4.17. The maximum Gasteiger partial charge on any atom is 0.573 e. The molecule has 0 aliphatic rings. The number of ether oxygens (including phenoxy) is 2. The van der Waals surface area contributed by atoms with Crippen LogP contribution in [0.2, 0.25) is 0 Å². The van der Waals surface area contributed by atoms with E-state index in [0.717, 1.165) is 11.1 Å². The molecule has 0 unspecified atom stereocenters. The molecular weight excluding hydrogens is 269 g/mol. The van der Waals surface area contributed by atoms with Gasteiger partial charge in [0, 0.05) is 0 Å². The third-order valence-electron chi connectivity index (χ3n) is 2.55. The highest BCUT2D eigenvalue weighted by Gasteiger charge is 2.30. The fraction of sp³-hybridized carbons (Fsp3) is 0.200. The molecule has 0 aliphatic heterocycles. The van der Waals surface area contributed by atoms with Crippen LogP contribution in [0, 0.1) is 6.92 Å². The Labute approximate surface area is 114 Å². The summed E-state index contributed by atoms with van der Waals surface area (Å²) < 4.78 is 45.3. The monoisotopic (exact) mass is 282 g/mol. The van der Waals surface area contributed by atoms with Crippen molar-refractivity contribution in [1.29, 1.82) is 0 Å². The van der Waals surface area contributed by atoms with Crippen molar-refractivity contribution in [2.75, 3.05) is 0 Å². The molecule has 0 N–H and O–H groups in total. The number of hydrogen-bond acceptors (Lipinski definition) is 2. The first kappa shape index (κ1) is 14.2. The quantitative estimate of drug-likeness (QED) is 0.823. The summed E-state index contributed by atoms with van der Waals surface area (Å²) in [5.41, 5.74) is 2.13. The van der Waals surface area contributed by atoms with E-state index in [1.807, 2.05) is 31.2 Å². The molecule has 20 heavy (non-hydrogen) atoms. The average molecular weight is 282 g/mol. The van der Waals surface area contributed by atoms with Gasteiger partial charge in [0.2, 0.25) is 0 Å². The van der Waals surface area contributed by atoms with E-state index in [1.54, 1.807) is 0 Å². The van der Waals surface area contributed by atoms with Gasteiger partial charge in [0.1, 0.15) is 18.1 Å². The summed E-state index contributed by atoms with van der Waals surface area (Å²) in [5, 5.41) is 0. The van der Waals surface area contributed by atoms with Crippen LogP contribution in [0.15, 0.2) is 48.5 Å². The Morgan fingerprint density at radius 3 is 2.20 bits per heavy atom. The van der Waals surface area contributed by atoms with E-state index in [1.165, 1.54) is 24.3 Å². The lowest BCUT2D eigenvalue weighted by atomic mass is 10.1. The molecule has 0 radical (unpaired) electrons. The smallest absolute Gasteiger partial charge is 0.489 e. The van der Waals surface area contributed by atoms with E-state index in [2.05, 4.69) is 4.74 Å². The van der Waals surface area contributed by atoms with Crippen molar-refractivity contribution < 1.29 is 22.6 Å². The van der Waals surface area contributed by atoms with Gasteiger partial charge in [-0.25, -0.2) is 0 Å². The molecule has 0 bridgehead atoms. The topological polar surface area (TPSA) is 18.5 Å². The van der Waals surface area contributed by atoms with Crippen LogP contribution in [0.4, 0.5) is 13.2 Å². The number of hydrogen-bond donors (Lipinski definition) is 0. The molecule has 2 nitrogen and oxygen atoms in total. The molecule has 106 valence electrons. The maximum absolute atomic E-state index is 12.0. The van der Waals surface area contributed by atoms with Gasteiger partial charge in [-0.15, -0.1) is 13.2 Å². The van der Waals surface area contributed by atoms with Gasteiger partial charge in [0.15, 0.2) is 0 Å². The molecule has 0 amide bonds. The normalized spacial score (nSPS) is 11.2. The second-order valence-electron chi connectivity index (χ2n) is 4.30. The van der Waals surface area contributed by atoms with Gasteiger partial charge < -0.3 is 9.47 Å². The number of aryl methyl sites for hydroxylation is 1. The van der Waals surface area contributed by atoms with Crippen LogP contribution in [0.1, 0.15) is 11.1 Å². The number of alkyl halides is 3. The lowest BCUT2D eigenvalue weighted by Crippen LogP contribution is -2.16. The fourth-order valence-electron chi connectivity index (χ4n) is 1.71. The minimum Gasteiger partial charge on any atom is -0.489 e. The van der Waals surface area contributed by atoms with Gasteiger partial charge in [-0.1, -0.05) is 29.8 Å². The molecule has 5 heteroatoms. The van der Waals surface area contributed by atoms with Crippen LogP contribution in [0.5, 0.6) is 11.5 Å². The summed E-state index contributed by atoms with van der Waals surface area (Å²) in [4.78, 5) is 0. The summed E-state index contributed by atoms with van der Waals surface area (Å²) in [6, 6.07) is 13.1. The van der Waals surface area contributed by atoms with Crippen LogP contribution in [0.3, 0.4) is 0 Å². The van der Waals surface area contributed by atoms with Crippen LogP contribution in [-0.4, -0.2) is 6.36 Å². The Bertz CT molecular complexity index is 562. The predicted octanol–water partition coefficient (Wildman–Crippen LogP) is 4.47. The van der Waals surface area contributed by atoms with Crippen molar-refractivity contribution in [2.24, 2.45) is 0 Å². The average Bonchev–Trinajstić information content (AvgIpc) is 2.36. The zero-order chi connectivity index (χ0) is 14.6. The van der Waals surface area contributed by atoms with Gasteiger partial charge in [-0.05, 0) is 36.8 Å². The number of halogens is 3. The SMILES string of the molecule is Cc1cccc(COc2ccc(OC(F)(F)F)cc2)c1. The van der Waals surface area contributed by atoms with Crippen molar-refractivity contribution in [2.45, 2.75) is 19.9 Å². The molecule has 0 fully saturated rings. The molecule has 0 saturated heterocycles. The van der Waals surface area contributed by atoms with E-state index in [9.17, 15) is 13.2 Å². The van der Waals surface area contributed by atoms with Crippen molar-refractivity contribution >= 4 is 0 Å². The Balaban J connectivity index is 1.94. The molecule has 2 aromatic carbocycles. The highest BCUT2D eigenvalue weighted by Crippen LogP contribution is 2.25. The van der Waals surface area contributed by atoms with Crippen molar-refractivity contribution in [3.05, 3.63) is 59.7 Å². The first-order valence-corrected chi connectivity index (χ1v) is 5.96. The fourth-order valence-corrected chi connectivity index (χ4v) is 1.71. The van der Waals surface area contributed by atoms with Crippen LogP contribution < -0.4 is 9.47 Å². The summed E-state index contributed by atoms with van der Waals surface area (Å²) in [7, 11) is 0. The summed E-state index contributed by atoms with van der Waals surface area (Å²) >= 11 is 0. The summed E-state index contributed by atoms with van der Waals surface area (Å²) in [6.45, 7) is 2.34. The van der Waals surface area contributed by atoms with Gasteiger partial charge in [0.05, 0.1) is 0 Å². The maximum atomic E-state index is 12.0. The second kappa shape index (κ2) is 5.86. The van der Waals surface area contributed by atoms with Crippen molar-refractivity contribution in [3.63, 3.8) is 0 Å². The molecular formula is C15H13F3O2. The third kappa shape index (κ3) is 4.50. The van der Waals surface area contributed by atoms with E-state index in [0.29, 0.717) is 12.4 Å². The zero-order valence-corrected chi connectivity index (χ0v) is 10.8. The first-order valence-electron chi connectivity index (χ1n) is 5.96. The van der Waals surface area contributed by atoms with E-state index in [4.69, 9.17) is 4.74 Å². The highest BCUT2D eigenvalue weighted by atomic mass is 19.4. The van der Waals surface area contributed by atoms with E-state index < -0.39 is 6.36 Å². The molecule has 0 aromatic heterocycles. The first-order chi connectivity index (χ1) is 9.42. The molecule has 0 heterocycles. The second-order valence-corrected chi connectivity index (χ2v) is 4.30. The Hall–Kier alpha value is -2.17. The molecule has 0 spiro atoms. The highest BCUT2D eigenvalue weighted by molar-refractivity contribution is 5.31. The van der Waals surface area contributed by atoms with Crippen molar-refractivity contribution in [3.8, 4) is 11.5 Å². The Morgan fingerprint density at radius 1 is 0.950 bits per heavy atom. The van der Waals surface area contributed by atoms with Crippen molar-refractivity contribution in [1.82, 2.24) is 0 Å². The lowest BCUT2D eigenvalue weighted by molar-refractivity contribution is -0.274. The van der Waals surface area contributed by atoms with Gasteiger partial charge in [-0.3, -0.25) is 0 Å². The van der Waals surface area contributed by atoms with Gasteiger partial charge in [-0.2, -0.15) is 0 Å². The largest absolute Gasteiger partial charge is 0.573 e. The lowest BCUT2D eigenvalue weighted by Gasteiger charge is -2.10. The van der Waals surface area contributed by atoms with Gasteiger partial charge in [0.25, 0.3) is 0 Å². The molecule has 2 rings (SSSR count). The third-order valence-corrected chi connectivity index (χ3v) is 2.55. The summed E-state index contributed by atoms with van der Waals surface area (Å²) in [5.74, 6) is 0.224. The molecule has 0 atom stereocenters. The van der Waals surface area contributed by atoms with Crippen LogP contribution in [0.25, 0.3) is 0 Å². The minimum absolute atomic E-state index is 0.264. The van der Waals surface area contributed by atoms with Crippen LogP contribution in [-0.2, 0) is 6.61 Å². The predicted molar refractivity (Wildman–Crippen MR) is 68.6 cm³/mol. The van der Waals surface area contributed by atoms with E-state index >= 15 is 0 Å². The Morgan fingerprint density at radius 2 is 1.60 bits per heavy atom. The zero-order valence-electron chi connectivity index (χ0n) is 10.8. The van der Waals surface area contributed by atoms with Crippen LogP contribution >= 0.6 is 0 Å². The summed E-state index contributed by atoms with van der Waals surface area (Å²) in [6.07, 6.45) is -4.68. The minimum atomic E-state index is -4.68. The van der Waals surface area contributed by atoms with Gasteiger partial charge >= 0.3 is 6.36 Å². The number of benzene rings is 2.